The van der Waals surface area contributed by atoms with Gasteiger partial charge in [0.15, 0.2) is 0 Å². The van der Waals surface area contributed by atoms with Gasteiger partial charge in [-0.1, -0.05) is 29.3 Å². The number of carbonyl (C=O) groups is 1. The van der Waals surface area contributed by atoms with E-state index < -0.39 is 15.8 Å². The molecule has 2 unspecified atom stereocenters. The third-order valence-corrected chi connectivity index (χ3v) is 10.3. The third kappa shape index (κ3) is 7.17. The molecular formula is C32H33Cl2N5O6S. The molecule has 2 fully saturated rings. The Morgan fingerprint density at radius 2 is 1.78 bits per heavy atom. The molecule has 3 heterocycles. The Morgan fingerprint density at radius 3 is 2.43 bits per heavy atom. The minimum atomic E-state index is -3.65. The second-order valence-corrected chi connectivity index (χ2v) is 13.8. The molecule has 2 atom stereocenters. The van der Waals surface area contributed by atoms with E-state index in [0.717, 1.165) is 5.69 Å². The molecular weight excluding hydrogens is 653 g/mol. The fraction of sp³-hybridized carbons (Fsp3) is 0.312. The fourth-order valence-corrected chi connectivity index (χ4v) is 7.54. The van der Waals surface area contributed by atoms with Crippen LogP contribution in [0.2, 0.25) is 10.0 Å². The quantitative estimate of drug-likeness (QED) is 0.248. The van der Waals surface area contributed by atoms with Crippen LogP contribution in [0.1, 0.15) is 12.5 Å². The van der Waals surface area contributed by atoms with Gasteiger partial charge in [0, 0.05) is 67.5 Å². The van der Waals surface area contributed by atoms with Crippen molar-refractivity contribution in [2.45, 2.75) is 30.3 Å². The van der Waals surface area contributed by atoms with E-state index in [1.54, 1.807) is 36.8 Å². The van der Waals surface area contributed by atoms with Crippen molar-refractivity contribution in [3.05, 3.63) is 101 Å². The number of imidazole rings is 1. The summed E-state index contributed by atoms with van der Waals surface area (Å²) in [6.07, 6.45) is 4.86. The van der Waals surface area contributed by atoms with E-state index in [2.05, 4.69) is 15.2 Å². The van der Waals surface area contributed by atoms with Crippen molar-refractivity contribution in [3.63, 3.8) is 0 Å². The number of sulfonamides is 1. The number of ether oxygens (including phenoxy) is 3. The first kappa shape index (κ1) is 32.3. The standard InChI is InChI=1S/C32H33Cl2N5O6S/c1-23(40)36-25-3-9-29(10-4-25)46(41,42)39-16-14-38(15-17-39)26-5-7-27(8-6-26)43-19-28-20-44-32(45-28,21-37-13-12-35-22-37)30-11-2-24(33)18-31(30)34/h2-13,18,22,28H,14-17,19-21H2,1H3,(H,36,40). The third-order valence-electron chi connectivity index (χ3n) is 7.84. The lowest BCUT2D eigenvalue weighted by Crippen LogP contribution is -2.48. The Hall–Kier alpha value is -3.65. The topological polar surface area (TPSA) is 115 Å². The Labute approximate surface area is 277 Å². The van der Waals surface area contributed by atoms with Gasteiger partial charge in [0.25, 0.3) is 0 Å². The van der Waals surface area contributed by atoms with Crippen molar-refractivity contribution < 1.29 is 27.4 Å². The zero-order valence-corrected chi connectivity index (χ0v) is 27.3. The molecule has 4 aromatic rings. The molecule has 0 bridgehead atoms. The number of aromatic nitrogens is 2. The van der Waals surface area contributed by atoms with E-state index >= 15 is 0 Å². The highest BCUT2D eigenvalue weighted by Crippen LogP contribution is 2.40. The summed E-state index contributed by atoms with van der Waals surface area (Å²) in [5.41, 5.74) is 2.20. The SMILES string of the molecule is CC(=O)Nc1ccc(S(=O)(=O)N2CCN(c3ccc(OCC4COC(Cn5ccnc5)(c5ccc(Cl)cc5Cl)O4)cc3)CC2)cc1. The monoisotopic (exact) mass is 685 g/mol. The van der Waals surface area contributed by atoms with Gasteiger partial charge in [-0.25, -0.2) is 13.4 Å². The smallest absolute Gasteiger partial charge is 0.243 e. The van der Waals surface area contributed by atoms with Gasteiger partial charge in [-0.05, 0) is 60.7 Å². The number of nitrogens with one attached hydrogen (secondary N) is 1. The Morgan fingerprint density at radius 1 is 1.04 bits per heavy atom. The molecule has 11 nitrogen and oxygen atoms in total. The normalized spacial score (nSPS) is 20.5. The molecule has 0 radical (unpaired) electrons. The van der Waals surface area contributed by atoms with Crippen molar-refractivity contribution in [1.29, 1.82) is 0 Å². The number of hydrogen-bond acceptors (Lipinski definition) is 8. The number of piperazine rings is 1. The molecule has 2 saturated heterocycles. The van der Waals surface area contributed by atoms with Gasteiger partial charge in [-0.2, -0.15) is 4.31 Å². The maximum absolute atomic E-state index is 13.2. The molecule has 3 aromatic carbocycles. The zero-order chi connectivity index (χ0) is 32.3. The van der Waals surface area contributed by atoms with Gasteiger partial charge in [0.2, 0.25) is 21.7 Å². The molecule has 46 heavy (non-hydrogen) atoms. The largest absolute Gasteiger partial charge is 0.491 e. The van der Waals surface area contributed by atoms with Crippen LogP contribution in [0.15, 0.2) is 90.3 Å². The molecule has 0 saturated carbocycles. The Balaban J connectivity index is 1.03. The van der Waals surface area contributed by atoms with Crippen LogP contribution < -0.4 is 15.0 Å². The van der Waals surface area contributed by atoms with Crippen molar-refractivity contribution in [1.82, 2.24) is 13.9 Å². The maximum Gasteiger partial charge on any atom is 0.243 e. The van der Waals surface area contributed by atoms with Gasteiger partial charge in [0.05, 0.1) is 29.4 Å². The van der Waals surface area contributed by atoms with Crippen molar-refractivity contribution in [3.8, 4) is 5.75 Å². The van der Waals surface area contributed by atoms with Crippen LogP contribution >= 0.6 is 23.2 Å². The van der Waals surface area contributed by atoms with Gasteiger partial charge < -0.3 is 29.0 Å². The number of rotatable bonds is 10. The molecule has 0 spiro atoms. The first-order chi connectivity index (χ1) is 22.1. The molecule has 2 aliphatic heterocycles. The van der Waals surface area contributed by atoms with Gasteiger partial charge in [-0.15, -0.1) is 0 Å². The summed E-state index contributed by atoms with van der Waals surface area (Å²) in [6.45, 7) is 4.11. The number of nitrogens with zero attached hydrogens (tertiary/aromatic N) is 4. The predicted molar refractivity (Wildman–Crippen MR) is 175 cm³/mol. The van der Waals surface area contributed by atoms with Gasteiger partial charge in [-0.3, -0.25) is 4.79 Å². The predicted octanol–water partition coefficient (Wildman–Crippen LogP) is 5.01. The highest BCUT2D eigenvalue weighted by atomic mass is 35.5. The summed E-state index contributed by atoms with van der Waals surface area (Å²) in [5, 5.41) is 3.61. The number of halogens is 2. The lowest BCUT2D eigenvalue weighted by molar-refractivity contribution is -0.189. The van der Waals surface area contributed by atoms with Crippen LogP contribution in [-0.2, 0) is 36.6 Å². The number of carbonyl (C=O) groups excluding carboxylic acids is 1. The lowest BCUT2D eigenvalue weighted by atomic mass is 10.1. The van der Waals surface area contributed by atoms with Crippen LogP contribution in [0.4, 0.5) is 11.4 Å². The van der Waals surface area contributed by atoms with Crippen LogP contribution in [0.5, 0.6) is 5.75 Å². The lowest BCUT2D eigenvalue weighted by Gasteiger charge is -2.35. The van der Waals surface area contributed by atoms with E-state index in [-0.39, 0.29) is 23.5 Å². The molecule has 242 valence electrons. The molecule has 1 amide bonds. The molecule has 1 N–H and O–H groups in total. The summed E-state index contributed by atoms with van der Waals surface area (Å²) >= 11 is 12.7. The van der Waals surface area contributed by atoms with E-state index in [1.807, 2.05) is 41.1 Å². The summed E-state index contributed by atoms with van der Waals surface area (Å²) in [6, 6.07) is 19.1. The summed E-state index contributed by atoms with van der Waals surface area (Å²) in [7, 11) is -3.65. The van der Waals surface area contributed by atoms with Crippen LogP contribution in [-0.4, -0.2) is 73.7 Å². The first-order valence-electron chi connectivity index (χ1n) is 14.7. The number of benzene rings is 3. The average Bonchev–Trinajstić information content (AvgIpc) is 3.71. The molecule has 1 aromatic heterocycles. The van der Waals surface area contributed by atoms with E-state index in [1.165, 1.54) is 23.4 Å². The Kier molecular flexibility index (Phi) is 9.55. The van der Waals surface area contributed by atoms with Gasteiger partial charge in [0.1, 0.15) is 18.5 Å². The maximum atomic E-state index is 13.2. The molecule has 6 rings (SSSR count). The highest BCUT2D eigenvalue weighted by Gasteiger charge is 2.45. The number of anilines is 2. The molecule has 14 heteroatoms. The number of amides is 1. The summed E-state index contributed by atoms with van der Waals surface area (Å²) < 4.78 is 48.5. The summed E-state index contributed by atoms with van der Waals surface area (Å²) in [5.74, 6) is -0.673. The second kappa shape index (κ2) is 13.6. The zero-order valence-electron chi connectivity index (χ0n) is 25.0. The minimum Gasteiger partial charge on any atom is -0.491 e. The fourth-order valence-electron chi connectivity index (χ4n) is 5.57. The van der Waals surface area contributed by atoms with E-state index in [0.29, 0.717) is 66.4 Å². The molecule has 0 aliphatic carbocycles. The summed E-state index contributed by atoms with van der Waals surface area (Å²) in [4.78, 5) is 17.7. The first-order valence-corrected chi connectivity index (χ1v) is 16.9. The van der Waals surface area contributed by atoms with Crippen LogP contribution in [0.3, 0.4) is 0 Å². The van der Waals surface area contributed by atoms with Crippen molar-refractivity contribution in [2.24, 2.45) is 0 Å². The van der Waals surface area contributed by atoms with Crippen LogP contribution in [0, 0.1) is 0 Å². The van der Waals surface area contributed by atoms with Crippen LogP contribution in [0.25, 0.3) is 0 Å². The second-order valence-electron chi connectivity index (χ2n) is 11.1. The van der Waals surface area contributed by atoms with Crippen molar-refractivity contribution in [2.75, 3.05) is 49.6 Å². The highest BCUT2D eigenvalue weighted by molar-refractivity contribution is 7.89. The number of hydrogen-bond donors (Lipinski definition) is 1. The van der Waals surface area contributed by atoms with E-state index in [9.17, 15) is 13.2 Å². The minimum absolute atomic E-state index is 0.198. The van der Waals surface area contributed by atoms with Crippen molar-refractivity contribution >= 4 is 50.5 Å². The molecule has 2 aliphatic rings. The van der Waals surface area contributed by atoms with Gasteiger partial charge >= 0.3 is 0 Å². The Bertz CT molecular complexity index is 1770. The van der Waals surface area contributed by atoms with E-state index in [4.69, 9.17) is 37.4 Å². The average molecular weight is 687 g/mol.